The molecule has 2 N–H and O–H groups in total. The van der Waals surface area contributed by atoms with Crippen LogP contribution < -0.4 is 20.2 Å². The largest absolute Gasteiger partial charge is 0.484 e. The van der Waals surface area contributed by atoms with Crippen LogP contribution in [0.4, 0.5) is 5.69 Å². The molecule has 3 aromatic rings. The Balaban J connectivity index is 1.40. The summed E-state index contributed by atoms with van der Waals surface area (Å²) < 4.78 is 10.9. The summed E-state index contributed by atoms with van der Waals surface area (Å²) in [6.07, 6.45) is 1.50. The lowest BCUT2D eigenvalue weighted by Crippen LogP contribution is -2.24. The number of carbonyl (C=O) groups excluding carboxylic acids is 2. The fourth-order valence-electron chi connectivity index (χ4n) is 2.64. The Morgan fingerprint density at radius 3 is 2.44 bits per heavy atom. The maximum Gasteiger partial charge on any atom is 0.277 e. The summed E-state index contributed by atoms with van der Waals surface area (Å²) >= 11 is 5.89. The second-order valence-electron chi connectivity index (χ2n) is 6.76. The molecule has 7 nitrogen and oxygen atoms in total. The van der Waals surface area contributed by atoms with Crippen molar-refractivity contribution < 1.29 is 19.1 Å². The van der Waals surface area contributed by atoms with E-state index in [1.54, 1.807) is 54.6 Å². The maximum atomic E-state index is 12.0. The second kappa shape index (κ2) is 11.5. The first kappa shape index (κ1) is 22.8. The number of nitrogens with zero attached hydrogens (tertiary/aromatic N) is 1. The smallest absolute Gasteiger partial charge is 0.277 e. The standard InChI is InChI=1S/C24H22ClN3O4/c1-17-5-2-3-8-22(17)32-16-24(30)28-26-14-18-9-11-21(12-10-18)31-15-23(29)27-20-7-4-6-19(25)13-20/h2-14H,15-16H2,1H3,(H,27,29)(H,28,30)/b26-14+. The lowest BCUT2D eigenvalue weighted by molar-refractivity contribution is -0.123. The van der Waals surface area contributed by atoms with Crippen LogP contribution in [0.5, 0.6) is 11.5 Å². The lowest BCUT2D eigenvalue weighted by atomic mass is 10.2. The molecule has 0 aliphatic heterocycles. The molecule has 0 bridgehead atoms. The van der Waals surface area contributed by atoms with Crippen molar-refractivity contribution in [1.29, 1.82) is 0 Å². The van der Waals surface area contributed by atoms with E-state index in [0.29, 0.717) is 22.2 Å². The van der Waals surface area contributed by atoms with Crippen molar-refractivity contribution in [3.8, 4) is 11.5 Å². The highest BCUT2D eigenvalue weighted by molar-refractivity contribution is 6.30. The summed E-state index contributed by atoms with van der Waals surface area (Å²) in [7, 11) is 0. The molecule has 0 unspecified atom stereocenters. The van der Waals surface area contributed by atoms with Crippen molar-refractivity contribution in [3.05, 3.63) is 88.9 Å². The van der Waals surface area contributed by atoms with Gasteiger partial charge in [0.25, 0.3) is 11.8 Å². The van der Waals surface area contributed by atoms with Crippen molar-refractivity contribution in [2.24, 2.45) is 5.10 Å². The van der Waals surface area contributed by atoms with Crippen LogP contribution in [0.3, 0.4) is 0 Å². The van der Waals surface area contributed by atoms with Crippen molar-refractivity contribution in [2.75, 3.05) is 18.5 Å². The summed E-state index contributed by atoms with van der Waals surface area (Å²) in [5.74, 6) is 0.520. The Hall–Kier alpha value is -3.84. The van der Waals surface area contributed by atoms with E-state index in [1.807, 2.05) is 25.1 Å². The number of ether oxygens (including phenoxy) is 2. The average molecular weight is 452 g/mol. The van der Waals surface area contributed by atoms with E-state index in [0.717, 1.165) is 11.1 Å². The third-order valence-corrected chi connectivity index (χ3v) is 4.45. The van der Waals surface area contributed by atoms with Crippen LogP contribution in [-0.4, -0.2) is 31.2 Å². The van der Waals surface area contributed by atoms with E-state index in [-0.39, 0.29) is 25.0 Å². The number of carbonyl (C=O) groups is 2. The monoisotopic (exact) mass is 451 g/mol. The Morgan fingerprint density at radius 2 is 1.69 bits per heavy atom. The third-order valence-electron chi connectivity index (χ3n) is 4.21. The number of benzene rings is 3. The predicted octanol–water partition coefficient (Wildman–Crippen LogP) is 4.20. The molecule has 0 aliphatic carbocycles. The summed E-state index contributed by atoms with van der Waals surface area (Å²) in [5.41, 5.74) is 4.72. The fourth-order valence-corrected chi connectivity index (χ4v) is 2.83. The van der Waals surface area contributed by atoms with Crippen molar-refractivity contribution >= 4 is 35.3 Å². The molecule has 3 rings (SSSR count). The number of aryl methyl sites for hydroxylation is 1. The number of hydrogen-bond acceptors (Lipinski definition) is 5. The highest BCUT2D eigenvalue weighted by atomic mass is 35.5. The molecule has 0 heterocycles. The molecule has 0 atom stereocenters. The zero-order chi connectivity index (χ0) is 22.8. The molecule has 3 aromatic carbocycles. The summed E-state index contributed by atoms with van der Waals surface area (Å²) in [6, 6.07) is 21.2. The van der Waals surface area contributed by atoms with Crippen LogP contribution in [0.15, 0.2) is 77.9 Å². The van der Waals surface area contributed by atoms with E-state index in [9.17, 15) is 9.59 Å². The Labute approximate surface area is 191 Å². The third kappa shape index (κ3) is 7.45. The van der Waals surface area contributed by atoms with Gasteiger partial charge >= 0.3 is 0 Å². The molecule has 32 heavy (non-hydrogen) atoms. The quantitative estimate of drug-likeness (QED) is 0.377. The number of rotatable bonds is 9. The maximum absolute atomic E-state index is 12.0. The van der Waals surface area contributed by atoms with Crippen LogP contribution in [0.1, 0.15) is 11.1 Å². The highest BCUT2D eigenvalue weighted by Crippen LogP contribution is 2.16. The Bertz CT molecular complexity index is 1100. The number of hydrazone groups is 1. The number of nitrogens with one attached hydrogen (secondary N) is 2. The van der Waals surface area contributed by atoms with Gasteiger partial charge in [-0.15, -0.1) is 0 Å². The van der Waals surface area contributed by atoms with Gasteiger partial charge in [0, 0.05) is 10.7 Å². The molecular weight excluding hydrogens is 430 g/mol. The number of halogens is 1. The Morgan fingerprint density at radius 1 is 0.938 bits per heavy atom. The van der Waals surface area contributed by atoms with Gasteiger partial charge in [0.1, 0.15) is 11.5 Å². The second-order valence-corrected chi connectivity index (χ2v) is 7.20. The van der Waals surface area contributed by atoms with E-state index < -0.39 is 0 Å². The molecule has 0 spiro atoms. The molecule has 0 fully saturated rings. The number of anilines is 1. The van der Waals surface area contributed by atoms with Gasteiger partial charge in [0.15, 0.2) is 13.2 Å². The molecule has 8 heteroatoms. The van der Waals surface area contributed by atoms with Crippen molar-refractivity contribution in [2.45, 2.75) is 6.92 Å². The van der Waals surface area contributed by atoms with E-state index in [4.69, 9.17) is 21.1 Å². The fraction of sp³-hybridized carbons (Fsp3) is 0.125. The molecule has 2 amide bonds. The normalized spacial score (nSPS) is 10.6. The van der Waals surface area contributed by atoms with Crippen LogP contribution in [0.25, 0.3) is 0 Å². The van der Waals surface area contributed by atoms with Gasteiger partial charge < -0.3 is 14.8 Å². The van der Waals surface area contributed by atoms with Gasteiger partial charge in [-0.05, 0) is 66.6 Å². The van der Waals surface area contributed by atoms with Crippen LogP contribution >= 0.6 is 11.6 Å². The van der Waals surface area contributed by atoms with Gasteiger partial charge in [0.05, 0.1) is 6.21 Å². The van der Waals surface area contributed by atoms with Gasteiger partial charge in [-0.2, -0.15) is 5.10 Å². The topological polar surface area (TPSA) is 89.0 Å². The molecular formula is C24H22ClN3O4. The van der Waals surface area contributed by atoms with Crippen LogP contribution in [0, 0.1) is 6.92 Å². The SMILES string of the molecule is Cc1ccccc1OCC(=O)N/N=C/c1ccc(OCC(=O)Nc2cccc(Cl)c2)cc1. The highest BCUT2D eigenvalue weighted by Gasteiger charge is 2.05. The van der Waals surface area contributed by atoms with Crippen LogP contribution in [0.2, 0.25) is 5.02 Å². The predicted molar refractivity (Wildman–Crippen MR) is 124 cm³/mol. The Kier molecular flexibility index (Phi) is 8.22. The lowest BCUT2D eigenvalue weighted by Gasteiger charge is -2.08. The molecule has 0 radical (unpaired) electrons. The number of para-hydroxylation sites is 1. The van der Waals surface area contributed by atoms with Gasteiger partial charge in [-0.3, -0.25) is 9.59 Å². The number of hydrogen-bond donors (Lipinski definition) is 2. The average Bonchev–Trinajstić information content (AvgIpc) is 2.78. The molecule has 0 aromatic heterocycles. The molecule has 164 valence electrons. The van der Waals surface area contributed by atoms with E-state index in [1.165, 1.54) is 6.21 Å². The zero-order valence-electron chi connectivity index (χ0n) is 17.4. The van der Waals surface area contributed by atoms with E-state index in [2.05, 4.69) is 15.8 Å². The minimum absolute atomic E-state index is 0.133. The minimum Gasteiger partial charge on any atom is -0.484 e. The van der Waals surface area contributed by atoms with Crippen molar-refractivity contribution in [3.63, 3.8) is 0 Å². The first-order chi connectivity index (χ1) is 15.5. The summed E-state index contributed by atoms with van der Waals surface area (Å²) in [4.78, 5) is 23.8. The number of amides is 2. The summed E-state index contributed by atoms with van der Waals surface area (Å²) in [6.45, 7) is 1.63. The zero-order valence-corrected chi connectivity index (χ0v) is 18.1. The van der Waals surface area contributed by atoms with Gasteiger partial charge in [0.2, 0.25) is 0 Å². The minimum atomic E-state index is -0.366. The summed E-state index contributed by atoms with van der Waals surface area (Å²) in [5, 5.41) is 7.16. The van der Waals surface area contributed by atoms with Crippen LogP contribution in [-0.2, 0) is 9.59 Å². The molecule has 0 aliphatic rings. The molecule has 0 saturated carbocycles. The van der Waals surface area contributed by atoms with Gasteiger partial charge in [-0.1, -0.05) is 35.9 Å². The van der Waals surface area contributed by atoms with Gasteiger partial charge in [-0.25, -0.2) is 5.43 Å². The van der Waals surface area contributed by atoms with E-state index >= 15 is 0 Å². The first-order valence-electron chi connectivity index (χ1n) is 9.78. The first-order valence-corrected chi connectivity index (χ1v) is 10.2. The van der Waals surface area contributed by atoms with Crippen molar-refractivity contribution in [1.82, 2.24) is 5.43 Å². The molecule has 0 saturated heterocycles.